The van der Waals surface area contributed by atoms with E-state index >= 15 is 0 Å². The largest absolute Gasteiger partial charge is 0.369 e. The molecule has 25 heavy (non-hydrogen) atoms. The Morgan fingerprint density at radius 2 is 2.08 bits per heavy atom. The number of primary amides is 1. The first-order valence-corrected chi connectivity index (χ1v) is 8.59. The number of hydrogen-bond acceptors (Lipinski definition) is 6. The summed E-state index contributed by atoms with van der Waals surface area (Å²) >= 11 is 1.23. The van der Waals surface area contributed by atoms with Crippen LogP contribution >= 0.6 is 11.8 Å². The van der Waals surface area contributed by atoms with Gasteiger partial charge in [-0.3, -0.25) is 9.20 Å². The SMILES string of the molecule is Cc1ccc(-n2ncc3c2ncn2c(SCC(N)=O)nnc32)c(C)c1. The van der Waals surface area contributed by atoms with Gasteiger partial charge in [-0.2, -0.15) is 5.10 Å². The molecule has 4 aromatic rings. The van der Waals surface area contributed by atoms with E-state index in [0.29, 0.717) is 16.5 Å². The Hall–Kier alpha value is -2.94. The van der Waals surface area contributed by atoms with Gasteiger partial charge in [-0.25, -0.2) is 9.67 Å². The summed E-state index contributed by atoms with van der Waals surface area (Å²) in [6.45, 7) is 4.10. The van der Waals surface area contributed by atoms with Crippen molar-refractivity contribution in [2.75, 3.05) is 5.75 Å². The number of amides is 1. The molecular formula is C16H15N7OS. The molecule has 0 bridgehead atoms. The zero-order valence-electron chi connectivity index (χ0n) is 13.7. The van der Waals surface area contributed by atoms with Gasteiger partial charge in [0.2, 0.25) is 5.91 Å². The van der Waals surface area contributed by atoms with Crippen LogP contribution in [0.25, 0.3) is 22.4 Å². The molecule has 0 radical (unpaired) electrons. The van der Waals surface area contributed by atoms with E-state index in [2.05, 4.69) is 33.3 Å². The number of aryl methyl sites for hydroxylation is 2. The van der Waals surface area contributed by atoms with Gasteiger partial charge in [0.15, 0.2) is 16.5 Å². The normalized spacial score (nSPS) is 11.4. The molecule has 4 rings (SSSR count). The molecule has 126 valence electrons. The quantitative estimate of drug-likeness (QED) is 0.560. The molecule has 8 nitrogen and oxygen atoms in total. The molecule has 0 spiro atoms. The predicted octanol–water partition coefficient (Wildman–Crippen LogP) is 1.66. The highest BCUT2D eigenvalue weighted by Crippen LogP contribution is 2.24. The molecule has 1 amide bonds. The van der Waals surface area contributed by atoms with Gasteiger partial charge in [-0.15, -0.1) is 10.2 Å². The van der Waals surface area contributed by atoms with E-state index in [4.69, 9.17) is 5.73 Å². The van der Waals surface area contributed by atoms with Crippen LogP contribution in [-0.4, -0.2) is 41.0 Å². The average Bonchev–Trinajstić information content (AvgIpc) is 3.16. The Morgan fingerprint density at radius 1 is 1.24 bits per heavy atom. The first-order chi connectivity index (χ1) is 12.0. The maximum absolute atomic E-state index is 11.0. The number of benzene rings is 1. The maximum Gasteiger partial charge on any atom is 0.227 e. The van der Waals surface area contributed by atoms with E-state index in [1.54, 1.807) is 21.6 Å². The minimum absolute atomic E-state index is 0.140. The number of carbonyl (C=O) groups is 1. The zero-order chi connectivity index (χ0) is 17.6. The van der Waals surface area contributed by atoms with Gasteiger partial charge < -0.3 is 5.73 Å². The van der Waals surface area contributed by atoms with Crippen molar-refractivity contribution in [2.24, 2.45) is 5.73 Å². The molecule has 0 saturated heterocycles. The third kappa shape index (κ3) is 2.62. The monoisotopic (exact) mass is 353 g/mol. The molecule has 0 saturated carbocycles. The Labute approximate surface area is 147 Å². The summed E-state index contributed by atoms with van der Waals surface area (Å²) in [5.74, 6) is -0.265. The highest BCUT2D eigenvalue weighted by molar-refractivity contribution is 7.99. The van der Waals surface area contributed by atoms with Gasteiger partial charge in [-0.1, -0.05) is 29.5 Å². The highest BCUT2D eigenvalue weighted by Gasteiger charge is 2.15. The van der Waals surface area contributed by atoms with Crippen molar-refractivity contribution in [3.63, 3.8) is 0 Å². The average molecular weight is 353 g/mol. The van der Waals surface area contributed by atoms with Crippen LogP contribution in [0.1, 0.15) is 11.1 Å². The fourth-order valence-corrected chi connectivity index (χ4v) is 3.40. The maximum atomic E-state index is 11.0. The van der Waals surface area contributed by atoms with Crippen molar-refractivity contribution in [3.8, 4) is 5.69 Å². The molecule has 1 aromatic carbocycles. The van der Waals surface area contributed by atoms with Crippen LogP contribution in [0.5, 0.6) is 0 Å². The Bertz CT molecular complexity index is 1110. The van der Waals surface area contributed by atoms with E-state index < -0.39 is 5.91 Å². The van der Waals surface area contributed by atoms with Gasteiger partial charge in [-0.05, 0) is 25.5 Å². The van der Waals surface area contributed by atoms with E-state index in [0.717, 1.165) is 16.6 Å². The van der Waals surface area contributed by atoms with Crippen LogP contribution in [0.15, 0.2) is 35.9 Å². The summed E-state index contributed by atoms with van der Waals surface area (Å²) in [6.07, 6.45) is 3.37. The van der Waals surface area contributed by atoms with Crippen molar-refractivity contribution in [1.29, 1.82) is 0 Å². The molecule has 0 unspecified atom stereocenters. The van der Waals surface area contributed by atoms with Crippen molar-refractivity contribution < 1.29 is 4.79 Å². The summed E-state index contributed by atoms with van der Waals surface area (Å²) in [5, 5.41) is 14.2. The topological polar surface area (TPSA) is 104 Å². The summed E-state index contributed by atoms with van der Waals surface area (Å²) in [5.41, 5.74) is 9.83. The molecular weight excluding hydrogens is 338 g/mol. The van der Waals surface area contributed by atoms with Gasteiger partial charge >= 0.3 is 0 Å². The molecule has 9 heteroatoms. The van der Waals surface area contributed by atoms with Crippen molar-refractivity contribution >= 4 is 34.3 Å². The standard InChI is InChI=1S/C16H15N7OS/c1-9-3-4-12(10(2)5-9)23-14-11(6-19-23)15-20-21-16(22(15)8-18-14)25-7-13(17)24/h3-6,8H,7H2,1-2H3,(H2,17,24). The van der Waals surface area contributed by atoms with E-state index in [1.807, 2.05) is 19.1 Å². The number of fused-ring (bicyclic) bond motifs is 3. The summed E-state index contributed by atoms with van der Waals surface area (Å²) < 4.78 is 3.54. The van der Waals surface area contributed by atoms with Gasteiger partial charge in [0, 0.05) is 0 Å². The summed E-state index contributed by atoms with van der Waals surface area (Å²) in [6, 6.07) is 6.18. The van der Waals surface area contributed by atoms with Crippen LogP contribution in [-0.2, 0) is 4.79 Å². The summed E-state index contributed by atoms with van der Waals surface area (Å²) in [4.78, 5) is 15.5. The Kier molecular flexibility index (Phi) is 3.65. The molecule has 0 fully saturated rings. The van der Waals surface area contributed by atoms with Crippen LogP contribution in [0.2, 0.25) is 0 Å². The fraction of sp³-hybridized carbons (Fsp3) is 0.188. The number of aromatic nitrogens is 6. The lowest BCUT2D eigenvalue weighted by molar-refractivity contribution is -0.115. The van der Waals surface area contributed by atoms with Gasteiger partial charge in [0.25, 0.3) is 0 Å². The molecule has 0 aliphatic carbocycles. The molecule has 3 heterocycles. The van der Waals surface area contributed by atoms with E-state index in [9.17, 15) is 4.79 Å². The molecule has 2 N–H and O–H groups in total. The molecule has 3 aromatic heterocycles. The molecule has 0 aliphatic rings. The predicted molar refractivity (Wildman–Crippen MR) is 94.8 cm³/mol. The first-order valence-electron chi connectivity index (χ1n) is 7.61. The van der Waals surface area contributed by atoms with Gasteiger partial charge in [0.05, 0.1) is 23.0 Å². The summed E-state index contributed by atoms with van der Waals surface area (Å²) in [7, 11) is 0. The van der Waals surface area contributed by atoms with E-state index in [-0.39, 0.29) is 5.75 Å². The minimum Gasteiger partial charge on any atom is -0.369 e. The van der Waals surface area contributed by atoms with Crippen LogP contribution in [0, 0.1) is 13.8 Å². The Balaban J connectivity index is 1.85. The second kappa shape index (κ2) is 5.85. The van der Waals surface area contributed by atoms with Crippen molar-refractivity contribution in [1.82, 2.24) is 29.4 Å². The van der Waals surface area contributed by atoms with Crippen LogP contribution < -0.4 is 5.73 Å². The fourth-order valence-electron chi connectivity index (χ4n) is 2.75. The number of thioether (sulfide) groups is 1. The van der Waals surface area contributed by atoms with Crippen LogP contribution in [0.3, 0.4) is 0 Å². The Morgan fingerprint density at radius 3 is 2.84 bits per heavy atom. The van der Waals surface area contributed by atoms with Crippen molar-refractivity contribution in [3.05, 3.63) is 41.9 Å². The second-order valence-electron chi connectivity index (χ2n) is 5.76. The number of nitrogens with two attached hydrogens (primary N) is 1. The molecule has 0 atom stereocenters. The highest BCUT2D eigenvalue weighted by atomic mass is 32.2. The second-order valence-corrected chi connectivity index (χ2v) is 6.70. The van der Waals surface area contributed by atoms with Gasteiger partial charge in [0.1, 0.15) is 6.33 Å². The first kappa shape index (κ1) is 15.6. The smallest absolute Gasteiger partial charge is 0.227 e. The van der Waals surface area contributed by atoms with Crippen LogP contribution in [0.4, 0.5) is 0 Å². The van der Waals surface area contributed by atoms with Crippen molar-refractivity contribution in [2.45, 2.75) is 19.0 Å². The minimum atomic E-state index is -0.404. The number of rotatable bonds is 4. The lowest BCUT2D eigenvalue weighted by Crippen LogP contribution is -2.13. The lowest BCUT2D eigenvalue weighted by Gasteiger charge is -2.07. The number of nitrogens with zero attached hydrogens (tertiary/aromatic N) is 6. The zero-order valence-corrected chi connectivity index (χ0v) is 14.5. The number of carbonyl (C=O) groups excluding carboxylic acids is 1. The van der Waals surface area contributed by atoms with E-state index in [1.165, 1.54) is 17.3 Å². The third-order valence-corrected chi connectivity index (χ3v) is 4.83. The molecule has 0 aliphatic heterocycles. The third-order valence-electron chi connectivity index (χ3n) is 3.87. The number of hydrogen-bond donors (Lipinski definition) is 1. The lowest BCUT2D eigenvalue weighted by atomic mass is 10.1.